The second-order valence-electron chi connectivity index (χ2n) is 3.71. The Morgan fingerprint density at radius 2 is 2.11 bits per heavy atom. The molecule has 0 fully saturated rings. The number of allylic oxidation sites excluding steroid dienone is 4. The van der Waals surface area contributed by atoms with Crippen LogP contribution in [0.15, 0.2) is 69.7 Å². The maximum atomic E-state index is 11.7. The van der Waals surface area contributed by atoms with Crippen molar-refractivity contribution < 1.29 is 9.53 Å². The highest BCUT2D eigenvalue weighted by molar-refractivity contribution is 14.1. The van der Waals surface area contributed by atoms with Crippen molar-refractivity contribution in [3.63, 3.8) is 0 Å². The molecule has 3 heteroatoms. The van der Waals surface area contributed by atoms with Gasteiger partial charge in [-0.2, -0.15) is 0 Å². The smallest absolute Gasteiger partial charge is 0.342 e. The minimum atomic E-state index is -0.337. The maximum absolute atomic E-state index is 11.7. The van der Waals surface area contributed by atoms with Crippen molar-refractivity contribution in [3.8, 4) is 0 Å². The van der Waals surface area contributed by atoms with Crippen LogP contribution in [-0.4, -0.2) is 5.97 Å². The summed E-state index contributed by atoms with van der Waals surface area (Å²) in [4.78, 5) is 11.7. The van der Waals surface area contributed by atoms with E-state index in [1.165, 1.54) is 6.26 Å². The Hall–Kier alpha value is -1.58. The van der Waals surface area contributed by atoms with Gasteiger partial charge in [0, 0.05) is 10.0 Å². The largest absolute Gasteiger partial charge is 0.430 e. The third-order valence-corrected chi connectivity index (χ3v) is 2.96. The summed E-state index contributed by atoms with van der Waals surface area (Å²) >= 11 is 2.16. The van der Waals surface area contributed by atoms with Gasteiger partial charge in [-0.05, 0) is 46.4 Å². The molecular weight excluding hydrogens is 339 g/mol. The Kier molecular flexibility index (Phi) is 4.56. The van der Waals surface area contributed by atoms with Crippen LogP contribution in [-0.2, 0) is 4.74 Å². The summed E-state index contributed by atoms with van der Waals surface area (Å²) in [6.45, 7) is 0. The van der Waals surface area contributed by atoms with Crippen molar-refractivity contribution in [3.05, 3.63) is 75.3 Å². The van der Waals surface area contributed by atoms with E-state index in [0.29, 0.717) is 5.56 Å². The molecule has 0 saturated heterocycles. The van der Waals surface area contributed by atoms with E-state index in [2.05, 4.69) is 28.3 Å². The molecule has 0 amide bonds. The van der Waals surface area contributed by atoms with Gasteiger partial charge in [0.1, 0.15) is 6.26 Å². The Morgan fingerprint density at radius 3 is 2.78 bits per heavy atom. The van der Waals surface area contributed by atoms with Gasteiger partial charge in [-0.1, -0.05) is 30.4 Å². The quantitative estimate of drug-likeness (QED) is 0.353. The van der Waals surface area contributed by atoms with E-state index in [9.17, 15) is 4.79 Å². The molecule has 0 bridgehead atoms. The van der Waals surface area contributed by atoms with E-state index < -0.39 is 0 Å². The van der Waals surface area contributed by atoms with Crippen LogP contribution in [0.5, 0.6) is 0 Å². The Bertz CT molecular complexity index is 561. The number of hydrogen-bond donors (Lipinski definition) is 0. The molecule has 2 nitrogen and oxygen atoms in total. The molecule has 0 radical (unpaired) electrons. The van der Waals surface area contributed by atoms with Crippen LogP contribution in [0.25, 0.3) is 0 Å². The first kappa shape index (κ1) is 12.9. The molecule has 0 atom stereocenters. The molecular formula is C15H11IO2. The monoisotopic (exact) mass is 350 g/mol. The summed E-state index contributed by atoms with van der Waals surface area (Å²) in [5.41, 5.74) is 4.74. The van der Waals surface area contributed by atoms with E-state index in [-0.39, 0.29) is 5.97 Å². The van der Waals surface area contributed by atoms with E-state index in [1.54, 1.807) is 12.1 Å². The lowest BCUT2D eigenvalue weighted by Crippen LogP contribution is -2.00. The summed E-state index contributed by atoms with van der Waals surface area (Å²) in [6.07, 6.45) is 8.03. The molecule has 1 aromatic rings. The van der Waals surface area contributed by atoms with Crippen LogP contribution < -0.4 is 0 Å². The molecule has 0 heterocycles. The van der Waals surface area contributed by atoms with E-state index >= 15 is 0 Å². The predicted molar refractivity (Wildman–Crippen MR) is 79.3 cm³/mol. The molecule has 0 unspecified atom stereocenters. The lowest BCUT2D eigenvalue weighted by molar-refractivity contribution is 0.0662. The van der Waals surface area contributed by atoms with Crippen LogP contribution in [0, 0.1) is 0 Å². The fraction of sp³-hybridized carbons (Fsp3) is 0.0667. The Balaban J connectivity index is 1.92. The van der Waals surface area contributed by atoms with Crippen molar-refractivity contribution in [2.24, 2.45) is 0 Å². The van der Waals surface area contributed by atoms with Gasteiger partial charge in [0.15, 0.2) is 0 Å². The van der Waals surface area contributed by atoms with Gasteiger partial charge in [-0.3, -0.25) is 0 Å². The van der Waals surface area contributed by atoms with Crippen LogP contribution >= 0.6 is 22.6 Å². The molecule has 0 aliphatic heterocycles. The lowest BCUT2D eigenvalue weighted by Gasteiger charge is -2.01. The SMILES string of the molecule is O=C(O/C=C(\I)CC1=C=CC=C1)c1ccccc1. The van der Waals surface area contributed by atoms with E-state index in [1.807, 2.05) is 36.4 Å². The summed E-state index contributed by atoms with van der Waals surface area (Å²) in [6, 6.07) is 8.94. The molecule has 0 aromatic heterocycles. The third kappa shape index (κ3) is 3.72. The number of halogens is 1. The first-order valence-electron chi connectivity index (χ1n) is 5.48. The highest BCUT2D eigenvalue weighted by atomic mass is 127. The highest BCUT2D eigenvalue weighted by Crippen LogP contribution is 2.20. The van der Waals surface area contributed by atoms with Crippen LogP contribution in [0.1, 0.15) is 16.8 Å². The number of ether oxygens (including phenoxy) is 1. The number of benzene rings is 1. The fourth-order valence-corrected chi connectivity index (χ4v) is 2.00. The fourth-order valence-electron chi connectivity index (χ4n) is 1.46. The molecule has 0 saturated carbocycles. The number of hydrogen-bond acceptors (Lipinski definition) is 2. The van der Waals surface area contributed by atoms with Crippen molar-refractivity contribution in [2.75, 3.05) is 0 Å². The summed E-state index contributed by atoms with van der Waals surface area (Å²) in [7, 11) is 0. The number of rotatable bonds is 4. The van der Waals surface area contributed by atoms with Gasteiger partial charge in [-0.25, -0.2) is 4.79 Å². The zero-order chi connectivity index (χ0) is 12.8. The standard InChI is InChI=1S/C15H11IO2/c16-14(10-12-6-4-5-7-12)11-18-15(17)13-8-2-1-3-9-13/h1-6,8-9,11H,10H2/b14-11-. The summed E-state index contributed by atoms with van der Waals surface area (Å²) in [5, 5.41) is 0. The average Bonchev–Trinajstić information content (AvgIpc) is 2.90. The van der Waals surface area contributed by atoms with Gasteiger partial charge < -0.3 is 4.74 Å². The van der Waals surface area contributed by atoms with Crippen molar-refractivity contribution in [2.45, 2.75) is 6.42 Å². The van der Waals surface area contributed by atoms with Crippen molar-refractivity contribution >= 4 is 28.6 Å². The van der Waals surface area contributed by atoms with Gasteiger partial charge in [0.2, 0.25) is 0 Å². The van der Waals surface area contributed by atoms with Gasteiger partial charge >= 0.3 is 5.97 Å². The average molecular weight is 350 g/mol. The molecule has 0 N–H and O–H groups in total. The predicted octanol–water partition coefficient (Wildman–Crippen LogP) is 4.16. The Morgan fingerprint density at radius 1 is 1.33 bits per heavy atom. The first-order chi connectivity index (χ1) is 8.75. The molecule has 2 rings (SSSR count). The molecule has 0 spiro atoms. The third-order valence-electron chi connectivity index (χ3n) is 2.33. The molecule has 1 aliphatic rings. The molecule has 1 aromatic carbocycles. The molecule has 18 heavy (non-hydrogen) atoms. The minimum absolute atomic E-state index is 0.337. The Labute approximate surface area is 119 Å². The van der Waals surface area contributed by atoms with Crippen LogP contribution in [0.4, 0.5) is 0 Å². The normalized spacial score (nSPS) is 13.6. The maximum Gasteiger partial charge on any atom is 0.342 e. The zero-order valence-electron chi connectivity index (χ0n) is 9.60. The minimum Gasteiger partial charge on any atom is -0.430 e. The van der Waals surface area contributed by atoms with Crippen molar-refractivity contribution in [1.82, 2.24) is 0 Å². The van der Waals surface area contributed by atoms with Gasteiger partial charge in [0.05, 0.1) is 5.56 Å². The van der Waals surface area contributed by atoms with Crippen LogP contribution in [0.3, 0.4) is 0 Å². The zero-order valence-corrected chi connectivity index (χ0v) is 11.8. The first-order valence-corrected chi connectivity index (χ1v) is 6.56. The van der Waals surface area contributed by atoms with Gasteiger partial charge in [-0.15, -0.1) is 5.73 Å². The second kappa shape index (κ2) is 6.38. The van der Waals surface area contributed by atoms with Gasteiger partial charge in [0.25, 0.3) is 0 Å². The summed E-state index contributed by atoms with van der Waals surface area (Å²) in [5.74, 6) is -0.337. The van der Waals surface area contributed by atoms with Crippen molar-refractivity contribution in [1.29, 1.82) is 0 Å². The topological polar surface area (TPSA) is 26.3 Å². The molecule has 1 aliphatic carbocycles. The van der Waals surface area contributed by atoms with E-state index in [0.717, 1.165) is 15.6 Å². The molecule has 90 valence electrons. The highest BCUT2D eigenvalue weighted by Gasteiger charge is 2.05. The van der Waals surface area contributed by atoms with E-state index in [4.69, 9.17) is 4.74 Å². The van der Waals surface area contributed by atoms with Crippen LogP contribution in [0.2, 0.25) is 0 Å². The number of carbonyl (C=O) groups is 1. The second-order valence-corrected chi connectivity index (χ2v) is 5.09. The summed E-state index contributed by atoms with van der Waals surface area (Å²) < 4.78 is 6.07. The lowest BCUT2D eigenvalue weighted by atomic mass is 10.2. The number of carbonyl (C=O) groups excluding carboxylic acids is 1. The number of esters is 1.